The van der Waals surface area contributed by atoms with E-state index in [0.29, 0.717) is 0 Å². The molecule has 1 atom stereocenters. The lowest BCUT2D eigenvalue weighted by Gasteiger charge is -2.06. The van der Waals surface area contributed by atoms with Crippen LogP contribution in [0.5, 0.6) is 0 Å². The molecule has 1 aromatic carbocycles. The minimum absolute atomic E-state index is 0.249. The smallest absolute Gasteiger partial charge is 0.143 e. The van der Waals surface area contributed by atoms with Gasteiger partial charge in [-0.2, -0.15) is 0 Å². The van der Waals surface area contributed by atoms with Crippen molar-refractivity contribution in [1.29, 1.82) is 0 Å². The van der Waals surface area contributed by atoms with E-state index >= 15 is 0 Å². The summed E-state index contributed by atoms with van der Waals surface area (Å²) >= 11 is 5.23. The quantitative estimate of drug-likeness (QED) is 0.762. The van der Waals surface area contributed by atoms with Crippen molar-refractivity contribution in [1.82, 2.24) is 15.3 Å². The second-order valence-electron chi connectivity index (χ2n) is 4.60. The average Bonchev–Trinajstić information content (AvgIpc) is 2.95. The number of pyridine rings is 1. The molecule has 0 saturated carbocycles. The molecule has 0 spiro atoms. The van der Waals surface area contributed by atoms with Crippen LogP contribution in [0.3, 0.4) is 0 Å². The average molecular weight is 348 g/mol. The molecule has 3 nitrogen and oxygen atoms in total. The molecule has 5 heteroatoms. The summed E-state index contributed by atoms with van der Waals surface area (Å²) in [6.45, 7) is 2.10. The molecule has 3 aromatic rings. The first-order chi connectivity index (χ1) is 9.69. The number of para-hydroxylation sites is 1. The number of rotatable bonds is 3. The molecule has 0 aliphatic heterocycles. The number of benzene rings is 1. The van der Waals surface area contributed by atoms with Gasteiger partial charge in [-0.25, -0.2) is 9.97 Å². The van der Waals surface area contributed by atoms with E-state index in [4.69, 9.17) is 4.98 Å². The van der Waals surface area contributed by atoms with Crippen LogP contribution in [0.15, 0.2) is 40.2 Å². The lowest BCUT2D eigenvalue weighted by atomic mass is 10.2. The molecule has 3 rings (SSSR count). The zero-order valence-corrected chi connectivity index (χ0v) is 13.6. The number of fused-ring (bicyclic) bond motifs is 1. The van der Waals surface area contributed by atoms with Gasteiger partial charge in [0, 0.05) is 21.3 Å². The van der Waals surface area contributed by atoms with Gasteiger partial charge in [0.2, 0.25) is 0 Å². The van der Waals surface area contributed by atoms with Gasteiger partial charge in [-0.05, 0) is 42.0 Å². The predicted octanol–water partition coefficient (Wildman–Crippen LogP) is 4.40. The zero-order valence-electron chi connectivity index (χ0n) is 11.2. The van der Waals surface area contributed by atoms with Crippen molar-refractivity contribution >= 4 is 38.2 Å². The minimum Gasteiger partial charge on any atom is -0.312 e. The number of thiazole rings is 1. The van der Waals surface area contributed by atoms with Crippen LogP contribution in [0.1, 0.15) is 18.7 Å². The van der Waals surface area contributed by atoms with E-state index in [1.807, 2.05) is 25.2 Å². The number of hydrogen-bond acceptors (Lipinski definition) is 4. The predicted molar refractivity (Wildman–Crippen MR) is 88.0 cm³/mol. The zero-order chi connectivity index (χ0) is 14.1. The summed E-state index contributed by atoms with van der Waals surface area (Å²) < 4.78 is 0.981. The molecule has 0 saturated heterocycles. The lowest BCUT2D eigenvalue weighted by Crippen LogP contribution is -2.12. The summed E-state index contributed by atoms with van der Waals surface area (Å²) in [5.41, 5.74) is 2.95. The molecule has 102 valence electrons. The fourth-order valence-electron chi connectivity index (χ4n) is 1.98. The highest BCUT2D eigenvalue weighted by molar-refractivity contribution is 9.10. The Morgan fingerprint density at radius 2 is 2.05 bits per heavy atom. The molecular formula is C15H14BrN3S. The highest BCUT2D eigenvalue weighted by atomic mass is 79.9. The van der Waals surface area contributed by atoms with Crippen molar-refractivity contribution in [2.75, 3.05) is 7.05 Å². The Morgan fingerprint density at radius 3 is 2.85 bits per heavy atom. The highest BCUT2D eigenvalue weighted by Crippen LogP contribution is 2.32. The fourth-order valence-corrected chi connectivity index (χ4v) is 3.55. The van der Waals surface area contributed by atoms with Gasteiger partial charge in [0.25, 0.3) is 0 Å². The summed E-state index contributed by atoms with van der Waals surface area (Å²) in [6, 6.07) is 10.5. The number of nitrogens with zero attached hydrogens (tertiary/aromatic N) is 2. The van der Waals surface area contributed by atoms with Crippen LogP contribution in [0.2, 0.25) is 0 Å². The van der Waals surface area contributed by atoms with Gasteiger partial charge in [-0.3, -0.25) is 0 Å². The maximum absolute atomic E-state index is 4.72. The monoisotopic (exact) mass is 347 g/mol. The summed E-state index contributed by atoms with van der Waals surface area (Å²) in [5.74, 6) is 0. The maximum atomic E-state index is 4.72. The molecule has 1 N–H and O–H groups in total. The summed E-state index contributed by atoms with van der Waals surface area (Å²) in [7, 11) is 1.94. The van der Waals surface area contributed by atoms with E-state index in [1.165, 1.54) is 0 Å². The van der Waals surface area contributed by atoms with E-state index in [1.54, 1.807) is 11.3 Å². The Bertz CT molecular complexity index is 754. The highest BCUT2D eigenvalue weighted by Gasteiger charge is 2.13. The van der Waals surface area contributed by atoms with Crippen LogP contribution < -0.4 is 5.32 Å². The third-order valence-electron chi connectivity index (χ3n) is 3.28. The first-order valence-electron chi connectivity index (χ1n) is 6.37. The number of hydrogen-bond donors (Lipinski definition) is 1. The van der Waals surface area contributed by atoms with Gasteiger partial charge in [-0.15, -0.1) is 11.3 Å². The van der Waals surface area contributed by atoms with E-state index in [0.717, 1.165) is 31.8 Å². The van der Waals surface area contributed by atoms with Crippen LogP contribution >= 0.6 is 27.3 Å². The van der Waals surface area contributed by atoms with Gasteiger partial charge >= 0.3 is 0 Å². The minimum atomic E-state index is 0.249. The Hall–Kier alpha value is -1.30. The number of nitrogens with one attached hydrogen (secondary N) is 1. The van der Waals surface area contributed by atoms with Gasteiger partial charge < -0.3 is 5.32 Å². The van der Waals surface area contributed by atoms with Crippen LogP contribution in [0, 0.1) is 0 Å². The maximum Gasteiger partial charge on any atom is 0.143 e. The lowest BCUT2D eigenvalue weighted by molar-refractivity contribution is 0.637. The van der Waals surface area contributed by atoms with E-state index in [-0.39, 0.29) is 6.04 Å². The van der Waals surface area contributed by atoms with Gasteiger partial charge in [0.1, 0.15) is 10.7 Å². The van der Waals surface area contributed by atoms with Crippen LogP contribution in [0.4, 0.5) is 0 Å². The molecule has 0 radical (unpaired) electrons. The number of aromatic nitrogens is 2. The van der Waals surface area contributed by atoms with Crippen molar-refractivity contribution in [2.45, 2.75) is 13.0 Å². The first-order valence-corrected chi connectivity index (χ1v) is 8.04. The molecule has 0 bridgehead atoms. The van der Waals surface area contributed by atoms with Gasteiger partial charge in [0.05, 0.1) is 11.2 Å². The van der Waals surface area contributed by atoms with E-state index in [2.05, 4.69) is 50.7 Å². The second kappa shape index (κ2) is 5.60. The van der Waals surface area contributed by atoms with Crippen molar-refractivity contribution in [2.24, 2.45) is 0 Å². The molecule has 0 amide bonds. The molecular weight excluding hydrogens is 334 g/mol. The van der Waals surface area contributed by atoms with Crippen LogP contribution in [0.25, 0.3) is 21.6 Å². The first kappa shape index (κ1) is 13.7. The van der Waals surface area contributed by atoms with Crippen LogP contribution in [-0.2, 0) is 0 Å². The van der Waals surface area contributed by atoms with E-state index < -0.39 is 0 Å². The SMILES string of the molecule is CNC(C)c1csc(-c2nc3ccccc3cc2Br)n1. The Labute approximate surface area is 130 Å². The standard InChI is InChI=1S/C15H14BrN3S/c1-9(17-2)13-8-20-15(19-13)14-11(16)7-10-5-3-4-6-12(10)18-14/h3-9,17H,1-2H3. The molecule has 2 aromatic heterocycles. The van der Waals surface area contributed by atoms with E-state index in [9.17, 15) is 0 Å². The normalized spacial score (nSPS) is 12.8. The summed E-state index contributed by atoms with van der Waals surface area (Å²) in [5, 5.41) is 7.36. The topological polar surface area (TPSA) is 37.8 Å². The second-order valence-corrected chi connectivity index (χ2v) is 6.31. The Morgan fingerprint density at radius 1 is 1.25 bits per heavy atom. The largest absolute Gasteiger partial charge is 0.312 e. The van der Waals surface area contributed by atoms with Gasteiger partial charge in [-0.1, -0.05) is 18.2 Å². The molecule has 0 aliphatic carbocycles. The summed E-state index contributed by atoms with van der Waals surface area (Å²) in [4.78, 5) is 9.41. The molecule has 0 fully saturated rings. The van der Waals surface area contributed by atoms with Crippen LogP contribution in [-0.4, -0.2) is 17.0 Å². The summed E-state index contributed by atoms with van der Waals surface area (Å²) in [6.07, 6.45) is 0. The Balaban J connectivity index is 2.09. The fraction of sp³-hybridized carbons (Fsp3) is 0.200. The molecule has 2 heterocycles. The van der Waals surface area contributed by atoms with Crippen molar-refractivity contribution in [3.8, 4) is 10.7 Å². The third kappa shape index (κ3) is 2.49. The number of halogens is 1. The van der Waals surface area contributed by atoms with Crippen molar-refractivity contribution < 1.29 is 0 Å². The molecule has 0 aliphatic rings. The van der Waals surface area contributed by atoms with Crippen molar-refractivity contribution in [3.05, 3.63) is 45.9 Å². The van der Waals surface area contributed by atoms with Gasteiger partial charge in [0.15, 0.2) is 0 Å². The third-order valence-corrected chi connectivity index (χ3v) is 4.75. The molecule has 20 heavy (non-hydrogen) atoms. The van der Waals surface area contributed by atoms with Crippen molar-refractivity contribution in [3.63, 3.8) is 0 Å². The molecule has 1 unspecified atom stereocenters. The Kier molecular flexibility index (Phi) is 3.83.